The number of anilines is 3. The van der Waals surface area contributed by atoms with Crippen LogP contribution in [0.4, 0.5) is 17.6 Å². The summed E-state index contributed by atoms with van der Waals surface area (Å²) in [6.07, 6.45) is 4.26. The Morgan fingerprint density at radius 3 is 2.97 bits per heavy atom. The molecule has 10 nitrogen and oxygen atoms in total. The fourth-order valence-electron chi connectivity index (χ4n) is 3.36. The van der Waals surface area contributed by atoms with Crippen LogP contribution >= 0.6 is 0 Å². The highest BCUT2D eigenvalue weighted by molar-refractivity contribution is 5.94. The van der Waals surface area contributed by atoms with Gasteiger partial charge in [-0.1, -0.05) is 6.07 Å². The number of aromatic nitrogens is 5. The van der Waals surface area contributed by atoms with Crippen molar-refractivity contribution in [2.24, 2.45) is 5.92 Å². The lowest BCUT2D eigenvalue weighted by atomic mass is 10.1. The molecule has 0 bridgehead atoms. The summed E-state index contributed by atoms with van der Waals surface area (Å²) in [5.41, 5.74) is 2.43. The zero-order valence-corrected chi connectivity index (χ0v) is 17.2. The Morgan fingerprint density at radius 2 is 2.23 bits per heavy atom. The van der Waals surface area contributed by atoms with Gasteiger partial charge in [0, 0.05) is 19.3 Å². The standard InChI is InChI=1S/C20H26N8O2/c1-3-30-9-8-28-17-15(12-23-28)24-20(27-19(29)14-6-7-21-11-14)26-18(17)25-16-5-4-13(2)10-22-16/h4-5,10,12,14,21H,3,6-9,11H2,1-2H3,(H2,22,24,25,26,27,29)/t14-/m0/s1. The molecule has 1 amide bonds. The molecule has 1 saturated heterocycles. The molecule has 0 radical (unpaired) electrons. The third kappa shape index (κ3) is 4.55. The molecule has 0 aromatic carbocycles. The topological polar surface area (TPSA) is 119 Å². The number of nitrogens with zero attached hydrogens (tertiary/aromatic N) is 5. The van der Waals surface area contributed by atoms with Crippen LogP contribution in [0.25, 0.3) is 11.0 Å². The molecule has 158 valence electrons. The molecule has 3 N–H and O–H groups in total. The van der Waals surface area contributed by atoms with Crippen molar-refractivity contribution < 1.29 is 9.53 Å². The van der Waals surface area contributed by atoms with Crippen molar-refractivity contribution in [3.8, 4) is 0 Å². The van der Waals surface area contributed by atoms with E-state index in [1.807, 2.05) is 26.0 Å². The minimum Gasteiger partial charge on any atom is -0.380 e. The second-order valence-electron chi connectivity index (χ2n) is 7.22. The number of carbonyl (C=O) groups excluding carboxylic acids is 1. The number of fused-ring (bicyclic) bond motifs is 1. The van der Waals surface area contributed by atoms with Crippen molar-refractivity contribution in [2.75, 3.05) is 36.9 Å². The van der Waals surface area contributed by atoms with Gasteiger partial charge in [-0.15, -0.1) is 0 Å². The van der Waals surface area contributed by atoms with Crippen molar-refractivity contribution in [1.29, 1.82) is 0 Å². The molecule has 1 aliphatic rings. The van der Waals surface area contributed by atoms with Crippen molar-refractivity contribution in [1.82, 2.24) is 30.0 Å². The number of amides is 1. The first-order valence-corrected chi connectivity index (χ1v) is 10.2. The fraction of sp³-hybridized carbons (Fsp3) is 0.450. The Labute approximate surface area is 174 Å². The number of carbonyl (C=O) groups is 1. The molecular weight excluding hydrogens is 384 g/mol. The lowest BCUT2D eigenvalue weighted by Gasteiger charge is -2.13. The van der Waals surface area contributed by atoms with Gasteiger partial charge in [0.1, 0.15) is 16.9 Å². The van der Waals surface area contributed by atoms with Crippen LogP contribution in [-0.2, 0) is 16.1 Å². The number of nitrogens with one attached hydrogen (secondary N) is 3. The van der Waals surface area contributed by atoms with Crippen LogP contribution in [0.15, 0.2) is 24.5 Å². The van der Waals surface area contributed by atoms with E-state index in [4.69, 9.17) is 4.74 Å². The number of aryl methyl sites for hydroxylation is 1. The zero-order valence-electron chi connectivity index (χ0n) is 17.2. The van der Waals surface area contributed by atoms with Gasteiger partial charge < -0.3 is 15.4 Å². The van der Waals surface area contributed by atoms with E-state index in [-0.39, 0.29) is 17.8 Å². The van der Waals surface area contributed by atoms with Crippen LogP contribution in [0.3, 0.4) is 0 Å². The molecular formula is C20H26N8O2. The minimum absolute atomic E-state index is 0.0756. The average Bonchev–Trinajstić information content (AvgIpc) is 3.40. The van der Waals surface area contributed by atoms with Gasteiger partial charge in [-0.05, 0) is 38.4 Å². The van der Waals surface area contributed by atoms with Crippen molar-refractivity contribution in [3.05, 3.63) is 30.1 Å². The highest BCUT2D eigenvalue weighted by Gasteiger charge is 2.24. The molecule has 30 heavy (non-hydrogen) atoms. The molecule has 10 heteroatoms. The second kappa shape index (κ2) is 9.14. The second-order valence-corrected chi connectivity index (χ2v) is 7.22. The predicted molar refractivity (Wildman–Crippen MR) is 114 cm³/mol. The van der Waals surface area contributed by atoms with Gasteiger partial charge in [0.05, 0.1) is 25.3 Å². The van der Waals surface area contributed by atoms with E-state index in [0.717, 1.165) is 24.0 Å². The SMILES string of the molecule is CCOCCn1ncc2nc(NC(=O)[C@H]3CCNC3)nc(Nc3ccc(C)cn3)c21. The number of pyridine rings is 1. The van der Waals surface area contributed by atoms with Crippen LogP contribution in [-0.4, -0.2) is 56.9 Å². The van der Waals surface area contributed by atoms with E-state index in [2.05, 4.69) is 36.0 Å². The maximum absolute atomic E-state index is 12.5. The van der Waals surface area contributed by atoms with E-state index in [0.29, 0.717) is 43.5 Å². The smallest absolute Gasteiger partial charge is 0.232 e. The van der Waals surface area contributed by atoms with Crippen molar-refractivity contribution in [2.45, 2.75) is 26.8 Å². The van der Waals surface area contributed by atoms with E-state index in [9.17, 15) is 4.79 Å². The lowest BCUT2D eigenvalue weighted by molar-refractivity contribution is -0.119. The molecule has 1 aliphatic heterocycles. The molecule has 0 unspecified atom stereocenters. The van der Waals surface area contributed by atoms with Gasteiger partial charge >= 0.3 is 0 Å². The van der Waals surface area contributed by atoms with Crippen LogP contribution in [0, 0.1) is 12.8 Å². The quantitative estimate of drug-likeness (QED) is 0.482. The van der Waals surface area contributed by atoms with Crippen LogP contribution in [0.5, 0.6) is 0 Å². The first-order valence-electron chi connectivity index (χ1n) is 10.2. The summed E-state index contributed by atoms with van der Waals surface area (Å²) in [4.78, 5) is 26.0. The van der Waals surface area contributed by atoms with Gasteiger partial charge in [0.2, 0.25) is 11.9 Å². The number of rotatable bonds is 8. The summed E-state index contributed by atoms with van der Waals surface area (Å²) in [6, 6.07) is 3.85. The summed E-state index contributed by atoms with van der Waals surface area (Å²) in [7, 11) is 0. The van der Waals surface area contributed by atoms with Crippen LogP contribution in [0.2, 0.25) is 0 Å². The minimum atomic E-state index is -0.0810. The van der Waals surface area contributed by atoms with E-state index in [1.54, 1.807) is 17.1 Å². The molecule has 3 aromatic rings. The van der Waals surface area contributed by atoms with Gasteiger partial charge in [0.25, 0.3) is 0 Å². The molecule has 0 aliphatic carbocycles. The molecule has 0 spiro atoms. The lowest BCUT2D eigenvalue weighted by Crippen LogP contribution is -2.25. The maximum atomic E-state index is 12.5. The van der Waals surface area contributed by atoms with Crippen molar-refractivity contribution >= 4 is 34.5 Å². The third-order valence-electron chi connectivity index (χ3n) is 4.96. The van der Waals surface area contributed by atoms with Crippen molar-refractivity contribution in [3.63, 3.8) is 0 Å². The summed E-state index contributed by atoms with van der Waals surface area (Å²) < 4.78 is 7.26. The Balaban J connectivity index is 1.66. The molecule has 1 fully saturated rings. The average molecular weight is 410 g/mol. The normalized spacial score (nSPS) is 16.1. The van der Waals surface area contributed by atoms with Crippen LogP contribution in [0.1, 0.15) is 18.9 Å². The Kier molecular flexibility index (Phi) is 6.15. The Bertz CT molecular complexity index is 1010. The Morgan fingerprint density at radius 1 is 1.33 bits per heavy atom. The fourth-order valence-corrected chi connectivity index (χ4v) is 3.36. The number of ether oxygens (including phenoxy) is 1. The molecule has 0 saturated carbocycles. The van der Waals surface area contributed by atoms with Gasteiger partial charge in [0.15, 0.2) is 5.82 Å². The number of hydrogen-bond acceptors (Lipinski definition) is 8. The largest absolute Gasteiger partial charge is 0.380 e. The highest BCUT2D eigenvalue weighted by Crippen LogP contribution is 2.25. The molecule has 4 rings (SSSR count). The first kappa shape index (κ1) is 20.2. The van der Waals surface area contributed by atoms with E-state index in [1.165, 1.54) is 0 Å². The zero-order chi connectivity index (χ0) is 20.9. The van der Waals surface area contributed by atoms with E-state index >= 15 is 0 Å². The summed E-state index contributed by atoms with van der Waals surface area (Å²) in [5, 5.41) is 13.7. The molecule has 4 heterocycles. The summed E-state index contributed by atoms with van der Waals surface area (Å²) in [6.45, 7) is 7.18. The van der Waals surface area contributed by atoms with Gasteiger partial charge in [-0.25, -0.2) is 9.97 Å². The Hall–Kier alpha value is -3.11. The summed E-state index contributed by atoms with van der Waals surface area (Å²) >= 11 is 0. The van der Waals surface area contributed by atoms with Crippen LogP contribution < -0.4 is 16.0 Å². The van der Waals surface area contributed by atoms with Gasteiger partial charge in [-0.2, -0.15) is 10.1 Å². The molecule has 3 aromatic heterocycles. The summed E-state index contributed by atoms with van der Waals surface area (Å²) in [5.74, 6) is 1.27. The first-order chi connectivity index (χ1) is 14.6. The third-order valence-corrected chi connectivity index (χ3v) is 4.96. The predicted octanol–water partition coefficient (Wildman–Crippen LogP) is 1.86. The monoisotopic (exact) mass is 410 g/mol. The highest BCUT2D eigenvalue weighted by atomic mass is 16.5. The van der Waals surface area contributed by atoms with E-state index < -0.39 is 0 Å². The van der Waals surface area contributed by atoms with Gasteiger partial charge in [-0.3, -0.25) is 14.8 Å². The molecule has 1 atom stereocenters. The maximum Gasteiger partial charge on any atom is 0.232 e. The number of hydrogen-bond donors (Lipinski definition) is 3.